The lowest BCUT2D eigenvalue weighted by molar-refractivity contribution is 0.283. The molecular weight excluding hydrogens is 288 g/mol. The zero-order valence-electron chi connectivity index (χ0n) is 12.5. The molecule has 0 heterocycles. The number of hydrogen-bond donors (Lipinski definition) is 2. The van der Waals surface area contributed by atoms with Crippen LogP contribution in [-0.2, 0) is 10.0 Å². The van der Waals surface area contributed by atoms with Gasteiger partial charge in [0.2, 0.25) is 10.0 Å². The Balaban J connectivity index is 1.91. The molecule has 0 amide bonds. The first kappa shape index (κ1) is 16.3. The molecular formula is C15H24N2O3S. The zero-order valence-corrected chi connectivity index (χ0v) is 13.3. The maximum absolute atomic E-state index is 12.1. The van der Waals surface area contributed by atoms with E-state index < -0.39 is 10.0 Å². The highest BCUT2D eigenvalue weighted by atomic mass is 32.2. The second-order valence-electron chi connectivity index (χ2n) is 5.60. The van der Waals surface area contributed by atoms with E-state index in [-0.39, 0.29) is 12.6 Å². The summed E-state index contributed by atoms with van der Waals surface area (Å²) in [5.74, 6) is 0. The lowest BCUT2D eigenvalue weighted by atomic mass is 10.2. The van der Waals surface area contributed by atoms with E-state index >= 15 is 0 Å². The molecule has 0 atom stereocenters. The van der Waals surface area contributed by atoms with Crippen LogP contribution < -0.4 is 9.62 Å². The van der Waals surface area contributed by atoms with Crippen molar-refractivity contribution in [2.75, 3.05) is 25.1 Å². The molecule has 0 spiro atoms. The van der Waals surface area contributed by atoms with Crippen LogP contribution in [0, 0.1) is 0 Å². The van der Waals surface area contributed by atoms with Crippen molar-refractivity contribution in [1.29, 1.82) is 0 Å². The van der Waals surface area contributed by atoms with Crippen LogP contribution in [0.5, 0.6) is 0 Å². The van der Waals surface area contributed by atoms with E-state index in [0.717, 1.165) is 44.3 Å². The fraction of sp³-hybridized carbons (Fsp3) is 0.600. The van der Waals surface area contributed by atoms with Gasteiger partial charge in [0.15, 0.2) is 0 Å². The Labute approximate surface area is 127 Å². The first-order valence-corrected chi connectivity index (χ1v) is 8.95. The van der Waals surface area contributed by atoms with Gasteiger partial charge in [0.1, 0.15) is 0 Å². The summed E-state index contributed by atoms with van der Waals surface area (Å²) in [5.41, 5.74) is 1.00. The summed E-state index contributed by atoms with van der Waals surface area (Å²) in [6.07, 6.45) is 4.72. The third-order valence-corrected chi connectivity index (χ3v) is 5.18. The summed E-state index contributed by atoms with van der Waals surface area (Å²) >= 11 is 0. The lowest BCUT2D eigenvalue weighted by Gasteiger charge is -2.19. The van der Waals surface area contributed by atoms with E-state index in [9.17, 15) is 8.42 Å². The van der Waals surface area contributed by atoms with Crippen LogP contribution in [-0.4, -0.2) is 39.8 Å². The first-order valence-electron chi connectivity index (χ1n) is 7.47. The van der Waals surface area contributed by atoms with Gasteiger partial charge in [-0.25, -0.2) is 13.1 Å². The number of aliphatic hydroxyl groups excluding tert-OH is 1. The summed E-state index contributed by atoms with van der Waals surface area (Å²) in [6, 6.07) is 7.12. The van der Waals surface area contributed by atoms with Crippen LogP contribution in [0.25, 0.3) is 0 Å². The van der Waals surface area contributed by atoms with Crippen LogP contribution in [0.2, 0.25) is 0 Å². The Morgan fingerprint density at radius 3 is 2.43 bits per heavy atom. The molecule has 1 aromatic rings. The van der Waals surface area contributed by atoms with Crippen molar-refractivity contribution in [2.24, 2.45) is 0 Å². The molecule has 0 bridgehead atoms. The van der Waals surface area contributed by atoms with E-state index in [1.54, 1.807) is 12.1 Å². The highest BCUT2D eigenvalue weighted by molar-refractivity contribution is 7.89. The largest absolute Gasteiger partial charge is 0.396 e. The Bertz CT molecular complexity index is 539. The number of anilines is 1. The fourth-order valence-electron chi connectivity index (χ4n) is 2.14. The molecule has 21 heavy (non-hydrogen) atoms. The zero-order chi connectivity index (χ0) is 15.3. The minimum atomic E-state index is -3.36. The van der Waals surface area contributed by atoms with Gasteiger partial charge < -0.3 is 10.0 Å². The molecule has 0 unspecified atom stereocenters. The maximum Gasteiger partial charge on any atom is 0.240 e. The van der Waals surface area contributed by atoms with Gasteiger partial charge in [-0.1, -0.05) is 0 Å². The number of nitrogens with one attached hydrogen (secondary N) is 1. The van der Waals surface area contributed by atoms with Crippen LogP contribution in [0.1, 0.15) is 32.1 Å². The molecule has 1 fully saturated rings. The van der Waals surface area contributed by atoms with Gasteiger partial charge in [-0.2, -0.15) is 0 Å². The predicted octanol–water partition coefficient (Wildman–Crippen LogP) is 1.73. The topological polar surface area (TPSA) is 69.6 Å². The number of aliphatic hydroxyl groups is 1. The number of benzene rings is 1. The van der Waals surface area contributed by atoms with Gasteiger partial charge in [-0.3, -0.25) is 0 Å². The quantitative estimate of drug-likeness (QED) is 0.681. The van der Waals surface area contributed by atoms with Crippen LogP contribution in [0.4, 0.5) is 5.69 Å². The lowest BCUT2D eigenvalue weighted by Crippen LogP contribution is -2.25. The number of hydrogen-bond acceptors (Lipinski definition) is 4. The molecule has 1 aromatic carbocycles. The molecule has 1 aliphatic rings. The molecule has 0 radical (unpaired) electrons. The second kappa shape index (κ2) is 7.24. The standard InChI is InChI=1S/C15H24N2O3S/c1-17(11-3-2-4-12-18)14-7-9-15(10-8-14)21(19,20)16-13-5-6-13/h7-10,13,16,18H,2-6,11-12H2,1H3. The first-order chi connectivity index (χ1) is 10.0. The third-order valence-electron chi connectivity index (χ3n) is 3.64. The number of unbranched alkanes of at least 4 members (excludes halogenated alkanes) is 2. The van der Waals surface area contributed by atoms with Crippen LogP contribution in [0.15, 0.2) is 29.2 Å². The number of rotatable bonds is 9. The van der Waals surface area contributed by atoms with E-state index in [2.05, 4.69) is 9.62 Å². The van der Waals surface area contributed by atoms with Gasteiger partial charge in [0.05, 0.1) is 4.90 Å². The summed E-state index contributed by atoms with van der Waals surface area (Å²) in [6.45, 7) is 1.14. The van der Waals surface area contributed by atoms with E-state index in [1.165, 1.54) is 0 Å². The van der Waals surface area contributed by atoms with Crippen molar-refractivity contribution < 1.29 is 13.5 Å². The van der Waals surface area contributed by atoms with Gasteiger partial charge in [-0.15, -0.1) is 0 Å². The van der Waals surface area contributed by atoms with Crippen LogP contribution >= 0.6 is 0 Å². The van der Waals surface area contributed by atoms with Crippen molar-refractivity contribution in [3.63, 3.8) is 0 Å². The highest BCUT2D eigenvalue weighted by Gasteiger charge is 2.27. The van der Waals surface area contributed by atoms with Crippen molar-refractivity contribution in [2.45, 2.75) is 43.0 Å². The smallest absolute Gasteiger partial charge is 0.240 e. The molecule has 6 heteroatoms. The fourth-order valence-corrected chi connectivity index (χ4v) is 3.44. The minimum absolute atomic E-state index is 0.129. The molecule has 118 valence electrons. The van der Waals surface area contributed by atoms with E-state index in [0.29, 0.717) is 4.90 Å². The second-order valence-corrected chi connectivity index (χ2v) is 7.31. The average Bonchev–Trinajstić information content (AvgIpc) is 3.27. The predicted molar refractivity (Wildman–Crippen MR) is 84.0 cm³/mol. The Kier molecular flexibility index (Phi) is 5.61. The molecule has 2 rings (SSSR count). The summed E-state index contributed by atoms with van der Waals surface area (Å²) in [5, 5.41) is 8.75. The van der Waals surface area contributed by atoms with E-state index in [4.69, 9.17) is 5.11 Å². The van der Waals surface area contributed by atoms with Gasteiger partial charge in [0, 0.05) is 31.9 Å². The molecule has 5 nitrogen and oxygen atoms in total. The van der Waals surface area contributed by atoms with Gasteiger partial charge in [0.25, 0.3) is 0 Å². The summed E-state index contributed by atoms with van der Waals surface area (Å²) in [7, 11) is -1.37. The Morgan fingerprint density at radius 1 is 1.19 bits per heavy atom. The highest BCUT2D eigenvalue weighted by Crippen LogP contribution is 2.23. The van der Waals surface area contributed by atoms with Crippen molar-refractivity contribution in [3.8, 4) is 0 Å². The van der Waals surface area contributed by atoms with E-state index in [1.807, 2.05) is 19.2 Å². The third kappa shape index (κ3) is 4.98. The monoisotopic (exact) mass is 312 g/mol. The Morgan fingerprint density at radius 2 is 1.86 bits per heavy atom. The maximum atomic E-state index is 12.1. The molecule has 0 saturated heterocycles. The number of sulfonamides is 1. The molecule has 0 aromatic heterocycles. The molecule has 1 aliphatic carbocycles. The normalized spacial score (nSPS) is 15.1. The van der Waals surface area contributed by atoms with Crippen molar-refractivity contribution in [1.82, 2.24) is 4.72 Å². The summed E-state index contributed by atoms with van der Waals surface area (Å²) in [4.78, 5) is 2.43. The van der Waals surface area contributed by atoms with Crippen molar-refractivity contribution in [3.05, 3.63) is 24.3 Å². The van der Waals surface area contributed by atoms with Crippen LogP contribution in [0.3, 0.4) is 0 Å². The molecule has 2 N–H and O–H groups in total. The average molecular weight is 312 g/mol. The number of nitrogens with zero attached hydrogens (tertiary/aromatic N) is 1. The van der Waals surface area contributed by atoms with Crippen molar-refractivity contribution >= 4 is 15.7 Å². The molecule has 0 aliphatic heterocycles. The Hall–Kier alpha value is -1.11. The van der Waals surface area contributed by atoms with Gasteiger partial charge >= 0.3 is 0 Å². The minimum Gasteiger partial charge on any atom is -0.396 e. The summed E-state index contributed by atoms with van der Waals surface area (Å²) < 4.78 is 26.8. The molecule has 1 saturated carbocycles. The van der Waals surface area contributed by atoms with Gasteiger partial charge in [-0.05, 0) is 56.4 Å². The SMILES string of the molecule is CN(CCCCCO)c1ccc(S(=O)(=O)NC2CC2)cc1.